The third-order valence-corrected chi connectivity index (χ3v) is 0.875. The minimum Gasteiger partial charge on any atom is -0.241 e. The van der Waals surface area contributed by atoms with E-state index in [1.54, 1.807) is 0 Å². The number of halogens is 1. The van der Waals surface area contributed by atoms with E-state index in [1.807, 2.05) is 0 Å². The molecule has 1 aromatic rings. The van der Waals surface area contributed by atoms with Crippen LogP contribution in [0.3, 0.4) is 0 Å². The maximum atomic E-state index is 7.21. The number of aryl methyl sites for hydroxylation is 1. The van der Waals surface area contributed by atoms with Crippen molar-refractivity contribution in [1.29, 1.82) is 0 Å². The summed E-state index contributed by atoms with van der Waals surface area (Å²) in [5.41, 5.74) is 0. The van der Waals surface area contributed by atoms with E-state index in [0.29, 0.717) is 0 Å². The van der Waals surface area contributed by atoms with Gasteiger partial charge in [-0.25, -0.2) is 9.97 Å². The third-order valence-electron chi connectivity index (χ3n) is 0.520. The Morgan fingerprint density at radius 1 is 1.75 bits per heavy atom. The van der Waals surface area contributed by atoms with E-state index in [9.17, 15) is 0 Å². The maximum absolute atomic E-state index is 7.21. The van der Waals surface area contributed by atoms with Crippen molar-refractivity contribution in [2.24, 2.45) is 0 Å². The van der Waals surface area contributed by atoms with E-state index in [-0.39, 0.29) is 16.8 Å². The summed E-state index contributed by atoms with van der Waals surface area (Å²) in [5, 5.41) is 0. The quantitative estimate of drug-likeness (QED) is 0.602. The normalized spacial score (nSPS) is 19.9. The van der Waals surface area contributed by atoms with E-state index in [4.69, 9.17) is 6.85 Å². The average molecular weight is 178 g/mol. The molecule has 0 aromatic carbocycles. The van der Waals surface area contributed by atoms with E-state index >= 15 is 0 Å². The largest absolute Gasteiger partial charge is 0.241 e. The Morgan fingerprint density at radius 2 is 2.38 bits per heavy atom. The van der Waals surface area contributed by atoms with Crippen LogP contribution >= 0.6 is 15.9 Å². The molecule has 0 N–H and O–H groups in total. The van der Waals surface area contributed by atoms with Crippen molar-refractivity contribution in [3.05, 3.63) is 22.6 Å². The fraction of sp³-hybridized carbons (Fsp3) is 0.200. The molecule has 0 radical (unpaired) electrons. The Labute approximate surface area is 63.1 Å². The van der Waals surface area contributed by atoms with Crippen molar-refractivity contribution in [1.82, 2.24) is 9.97 Å². The fourth-order valence-corrected chi connectivity index (χ4v) is 0.431. The van der Waals surface area contributed by atoms with Crippen molar-refractivity contribution in [2.75, 3.05) is 0 Å². The molecule has 0 saturated carbocycles. The number of hydrogen-bond acceptors (Lipinski definition) is 2. The minimum absolute atomic E-state index is 0.0977. The summed E-state index contributed by atoms with van der Waals surface area (Å²) in [5.74, 6) is -0.467. The maximum Gasteiger partial charge on any atom is 0.125 e. The summed E-state index contributed by atoms with van der Waals surface area (Å²) in [6.45, 7) is -2.47. The summed E-state index contributed by atoms with van der Waals surface area (Å²) < 4.78 is 35.4. The second kappa shape index (κ2) is 2.22. The molecule has 2 nitrogen and oxygen atoms in total. The van der Waals surface area contributed by atoms with Gasteiger partial charge in [-0.05, 0) is 22.8 Å². The van der Waals surface area contributed by atoms with E-state index in [2.05, 4.69) is 25.9 Å². The van der Waals surface area contributed by atoms with Gasteiger partial charge in [-0.15, -0.1) is 0 Å². The molecule has 0 unspecified atom stereocenters. The molecule has 1 aromatic heterocycles. The topological polar surface area (TPSA) is 25.8 Å². The zero-order valence-electron chi connectivity index (χ0n) is 8.77. The summed E-state index contributed by atoms with van der Waals surface area (Å²) in [6, 6.07) is 0. The lowest BCUT2D eigenvalue weighted by Crippen LogP contribution is -1.82. The summed E-state index contributed by atoms with van der Waals surface area (Å²) in [4.78, 5) is 6.86. The standard InChI is InChI=1S/C5H5BrN2/c1-4-7-2-5(6)3-8-4/h2-3H,1H3/i1D3,2D,3D. The van der Waals surface area contributed by atoms with Crippen molar-refractivity contribution in [3.63, 3.8) is 0 Å². The third kappa shape index (κ3) is 1.26. The van der Waals surface area contributed by atoms with Gasteiger partial charge in [0.15, 0.2) is 0 Å². The van der Waals surface area contributed by atoms with Crippen molar-refractivity contribution in [2.45, 2.75) is 6.85 Å². The molecule has 8 heavy (non-hydrogen) atoms. The van der Waals surface area contributed by atoms with Gasteiger partial charge in [0.05, 0.1) is 7.21 Å². The van der Waals surface area contributed by atoms with Crippen LogP contribution < -0.4 is 0 Å². The summed E-state index contributed by atoms with van der Waals surface area (Å²) in [7, 11) is 0. The number of hydrogen-bond donors (Lipinski definition) is 0. The van der Waals surface area contributed by atoms with Gasteiger partial charge in [0, 0.05) is 16.5 Å². The highest BCUT2D eigenvalue weighted by Gasteiger charge is 1.84. The Hall–Kier alpha value is -0.440. The molecule has 0 spiro atoms. The molecule has 0 atom stereocenters. The predicted octanol–water partition coefficient (Wildman–Crippen LogP) is 1.55. The zero-order chi connectivity index (χ0) is 10.2. The SMILES string of the molecule is [2H]c1nc(C([2H])([2H])[2H])nc([2H])c1Br. The van der Waals surface area contributed by atoms with Crippen LogP contribution in [0.4, 0.5) is 0 Å². The number of rotatable bonds is 0. The van der Waals surface area contributed by atoms with E-state index in [0.717, 1.165) is 0 Å². The lowest BCUT2D eigenvalue weighted by atomic mass is 10.6. The van der Waals surface area contributed by atoms with Crippen molar-refractivity contribution < 1.29 is 6.85 Å². The Balaban J connectivity index is 3.29. The molecule has 0 saturated heterocycles. The smallest absolute Gasteiger partial charge is 0.125 e. The van der Waals surface area contributed by atoms with Gasteiger partial charge in [-0.1, -0.05) is 0 Å². The second-order valence-corrected chi connectivity index (χ2v) is 1.88. The van der Waals surface area contributed by atoms with Gasteiger partial charge >= 0.3 is 0 Å². The number of aromatic nitrogens is 2. The molecule has 42 valence electrons. The molecular weight excluding hydrogens is 168 g/mol. The van der Waals surface area contributed by atoms with E-state index < -0.39 is 12.7 Å². The molecule has 0 aliphatic carbocycles. The minimum atomic E-state index is -2.47. The average Bonchev–Trinajstić information content (AvgIpc) is 1.97. The molecule has 0 aliphatic heterocycles. The summed E-state index contributed by atoms with van der Waals surface area (Å²) >= 11 is 2.90. The summed E-state index contributed by atoms with van der Waals surface area (Å²) in [6.07, 6.45) is -0.572. The van der Waals surface area contributed by atoms with Crippen LogP contribution in [-0.2, 0) is 0 Å². The van der Waals surface area contributed by atoms with Gasteiger partial charge < -0.3 is 0 Å². The molecular formula is C5H5BrN2. The van der Waals surface area contributed by atoms with Crippen LogP contribution in [0.25, 0.3) is 0 Å². The van der Waals surface area contributed by atoms with Crippen LogP contribution in [0, 0.1) is 6.85 Å². The first-order chi connectivity index (χ1) is 5.82. The van der Waals surface area contributed by atoms with Gasteiger partial charge in [-0.3, -0.25) is 0 Å². The highest BCUT2D eigenvalue weighted by atomic mass is 79.9. The van der Waals surface area contributed by atoms with Crippen LogP contribution in [0.2, 0.25) is 0 Å². The lowest BCUT2D eigenvalue weighted by Gasteiger charge is -1.87. The number of nitrogens with zero attached hydrogens (tertiary/aromatic N) is 2. The monoisotopic (exact) mass is 177 g/mol. The highest BCUT2D eigenvalue weighted by Crippen LogP contribution is 2.02. The van der Waals surface area contributed by atoms with Gasteiger partial charge in [0.25, 0.3) is 0 Å². The first-order valence-electron chi connectivity index (χ1n) is 4.33. The van der Waals surface area contributed by atoms with Crippen LogP contribution in [0.5, 0.6) is 0 Å². The van der Waals surface area contributed by atoms with E-state index in [1.165, 1.54) is 0 Å². The molecule has 0 fully saturated rings. The van der Waals surface area contributed by atoms with Crippen LogP contribution in [-0.4, -0.2) is 9.97 Å². The first kappa shape index (κ1) is 2.06. The molecule has 1 rings (SSSR count). The molecule has 0 aliphatic rings. The molecule has 3 heteroatoms. The zero-order valence-corrected chi connectivity index (χ0v) is 5.36. The first-order valence-corrected chi connectivity index (χ1v) is 2.63. The van der Waals surface area contributed by atoms with Crippen molar-refractivity contribution in [3.8, 4) is 0 Å². The van der Waals surface area contributed by atoms with Gasteiger partial charge in [0.1, 0.15) is 5.82 Å². The lowest BCUT2D eigenvalue weighted by molar-refractivity contribution is 1.04. The highest BCUT2D eigenvalue weighted by molar-refractivity contribution is 9.10. The Kier molecular flexibility index (Phi) is 0.572. The molecule has 0 bridgehead atoms. The van der Waals surface area contributed by atoms with Crippen LogP contribution in [0.1, 0.15) is 12.7 Å². The predicted molar refractivity (Wildman–Crippen MR) is 34.5 cm³/mol. The van der Waals surface area contributed by atoms with Gasteiger partial charge in [0.2, 0.25) is 0 Å². The molecule has 0 amide bonds. The Bertz CT molecular complexity index is 313. The van der Waals surface area contributed by atoms with Gasteiger partial charge in [-0.2, -0.15) is 0 Å². The second-order valence-electron chi connectivity index (χ2n) is 1.08. The molecule has 1 heterocycles. The van der Waals surface area contributed by atoms with Crippen LogP contribution in [0.15, 0.2) is 16.8 Å². The fourth-order valence-electron chi connectivity index (χ4n) is 0.254. The Morgan fingerprint density at radius 3 is 2.88 bits per heavy atom. The van der Waals surface area contributed by atoms with Crippen molar-refractivity contribution >= 4 is 15.9 Å².